The molecular formula is C12H14N4O3S. The fraction of sp³-hybridized carbons (Fsp3) is 0.333. The molecule has 0 aliphatic carbocycles. The predicted molar refractivity (Wildman–Crippen MR) is 70.9 cm³/mol. The number of carbonyl (C=O) groups excluding carboxylic acids is 1. The molecule has 0 amide bonds. The minimum atomic E-state index is -3.55. The van der Waals surface area contributed by atoms with Crippen molar-refractivity contribution in [2.24, 2.45) is 7.05 Å². The van der Waals surface area contributed by atoms with E-state index >= 15 is 0 Å². The van der Waals surface area contributed by atoms with Crippen LogP contribution in [0.25, 0.3) is 0 Å². The van der Waals surface area contributed by atoms with Gasteiger partial charge in [-0.15, -0.1) is 0 Å². The first-order chi connectivity index (χ1) is 9.50. The van der Waals surface area contributed by atoms with Gasteiger partial charge in [-0.1, -0.05) is 35.4 Å². The van der Waals surface area contributed by atoms with E-state index in [1.54, 1.807) is 24.3 Å². The molecule has 8 heteroatoms. The van der Waals surface area contributed by atoms with Gasteiger partial charge in [0.2, 0.25) is 9.84 Å². The van der Waals surface area contributed by atoms with Gasteiger partial charge in [-0.05, 0) is 16.8 Å². The van der Waals surface area contributed by atoms with Crippen LogP contribution in [-0.4, -0.2) is 40.2 Å². The lowest BCUT2D eigenvalue weighted by atomic mass is 10.1. The molecule has 106 valence electrons. The molecule has 0 saturated carbocycles. The topological polar surface area (TPSA) is 94.8 Å². The highest BCUT2D eigenvalue weighted by Crippen LogP contribution is 2.10. The van der Waals surface area contributed by atoms with Crippen molar-refractivity contribution in [2.75, 3.05) is 5.75 Å². The average Bonchev–Trinajstić information content (AvgIpc) is 2.86. The quantitative estimate of drug-likeness (QED) is 0.726. The lowest BCUT2D eigenvalue weighted by Crippen LogP contribution is -2.14. The second kappa shape index (κ2) is 5.91. The van der Waals surface area contributed by atoms with Gasteiger partial charge in [0.15, 0.2) is 5.78 Å². The molecule has 1 aromatic carbocycles. The van der Waals surface area contributed by atoms with E-state index in [4.69, 9.17) is 0 Å². The van der Waals surface area contributed by atoms with Gasteiger partial charge in [0.1, 0.15) is 0 Å². The maximum atomic E-state index is 12.0. The van der Waals surface area contributed by atoms with Crippen LogP contribution in [0.3, 0.4) is 0 Å². The van der Waals surface area contributed by atoms with Crippen LogP contribution in [0.1, 0.15) is 23.2 Å². The fourth-order valence-corrected chi connectivity index (χ4v) is 3.07. The Balaban J connectivity index is 1.94. The first-order valence-electron chi connectivity index (χ1n) is 6.04. The third kappa shape index (κ3) is 3.27. The lowest BCUT2D eigenvalue weighted by Gasteiger charge is -2.02. The van der Waals surface area contributed by atoms with Crippen molar-refractivity contribution in [3.63, 3.8) is 0 Å². The van der Waals surface area contributed by atoms with E-state index in [0.717, 1.165) is 4.68 Å². The summed E-state index contributed by atoms with van der Waals surface area (Å²) < 4.78 is 25.0. The Morgan fingerprint density at radius 1 is 1.25 bits per heavy atom. The Hall–Kier alpha value is -2.09. The van der Waals surface area contributed by atoms with Gasteiger partial charge >= 0.3 is 0 Å². The second-order valence-corrected chi connectivity index (χ2v) is 6.30. The highest BCUT2D eigenvalue weighted by atomic mass is 32.2. The van der Waals surface area contributed by atoms with Gasteiger partial charge < -0.3 is 0 Å². The molecule has 7 nitrogen and oxygen atoms in total. The standard InChI is InChI=1S/C12H14N4O3S/c1-16-12(13-14-15-16)20(18,19)9-5-8-11(17)10-6-3-2-4-7-10/h2-4,6-7H,5,8-9H2,1H3. The number of aromatic nitrogens is 4. The molecule has 0 aliphatic rings. The molecule has 1 heterocycles. The van der Waals surface area contributed by atoms with E-state index in [0.29, 0.717) is 5.56 Å². The van der Waals surface area contributed by atoms with Crippen molar-refractivity contribution in [1.82, 2.24) is 20.2 Å². The fourth-order valence-electron chi connectivity index (χ4n) is 1.77. The van der Waals surface area contributed by atoms with Crippen molar-refractivity contribution in [1.29, 1.82) is 0 Å². The zero-order valence-electron chi connectivity index (χ0n) is 10.9. The van der Waals surface area contributed by atoms with Crippen molar-refractivity contribution >= 4 is 15.6 Å². The highest BCUT2D eigenvalue weighted by molar-refractivity contribution is 7.91. The largest absolute Gasteiger partial charge is 0.294 e. The van der Waals surface area contributed by atoms with Crippen LogP contribution < -0.4 is 0 Å². The van der Waals surface area contributed by atoms with Crippen LogP contribution in [0.2, 0.25) is 0 Å². The molecule has 0 bridgehead atoms. The monoisotopic (exact) mass is 294 g/mol. The number of sulfone groups is 1. The number of carbonyl (C=O) groups is 1. The lowest BCUT2D eigenvalue weighted by molar-refractivity contribution is 0.0982. The summed E-state index contributed by atoms with van der Waals surface area (Å²) in [5.74, 6) is -0.225. The van der Waals surface area contributed by atoms with E-state index < -0.39 is 9.84 Å². The number of aryl methyl sites for hydroxylation is 1. The maximum absolute atomic E-state index is 12.0. The molecule has 2 aromatic rings. The summed E-state index contributed by atoms with van der Waals surface area (Å²) in [4.78, 5) is 11.8. The van der Waals surface area contributed by atoms with Gasteiger partial charge in [-0.3, -0.25) is 4.79 Å². The number of ketones is 1. The Morgan fingerprint density at radius 3 is 2.55 bits per heavy atom. The third-order valence-corrected chi connectivity index (χ3v) is 4.50. The Kier molecular flexibility index (Phi) is 4.23. The number of hydrogen-bond acceptors (Lipinski definition) is 6. The molecule has 0 unspecified atom stereocenters. The Bertz CT molecular complexity index is 695. The zero-order chi connectivity index (χ0) is 14.6. The Labute approximate surface area is 116 Å². The maximum Gasteiger partial charge on any atom is 0.267 e. The van der Waals surface area contributed by atoms with E-state index in [-0.39, 0.29) is 29.5 Å². The number of nitrogens with zero attached hydrogens (tertiary/aromatic N) is 4. The summed E-state index contributed by atoms with van der Waals surface area (Å²) in [6.07, 6.45) is 0.414. The van der Waals surface area contributed by atoms with Crippen LogP contribution in [0.4, 0.5) is 0 Å². The summed E-state index contributed by atoms with van der Waals surface area (Å²) >= 11 is 0. The number of benzene rings is 1. The van der Waals surface area contributed by atoms with Crippen molar-refractivity contribution in [3.8, 4) is 0 Å². The summed E-state index contributed by atoms with van der Waals surface area (Å²) in [6, 6.07) is 8.79. The molecule has 2 rings (SSSR count). The molecule has 0 aliphatic heterocycles. The van der Waals surface area contributed by atoms with Crippen LogP contribution in [0, 0.1) is 0 Å². The molecule has 0 atom stereocenters. The van der Waals surface area contributed by atoms with E-state index in [9.17, 15) is 13.2 Å². The number of hydrogen-bond donors (Lipinski definition) is 0. The first-order valence-corrected chi connectivity index (χ1v) is 7.69. The number of Topliss-reactive ketones (excluding diaryl/α,β-unsaturated/α-hetero) is 1. The molecule has 0 spiro atoms. The van der Waals surface area contributed by atoms with Gasteiger partial charge in [0.25, 0.3) is 5.16 Å². The molecular weight excluding hydrogens is 280 g/mol. The van der Waals surface area contributed by atoms with Gasteiger partial charge in [-0.2, -0.15) is 0 Å². The predicted octanol–water partition coefficient (Wildman–Crippen LogP) is 0.647. The summed E-state index contributed by atoms with van der Waals surface area (Å²) in [5, 5.41) is 10.1. The van der Waals surface area contributed by atoms with E-state index in [2.05, 4.69) is 15.5 Å². The zero-order valence-corrected chi connectivity index (χ0v) is 11.7. The van der Waals surface area contributed by atoms with Crippen LogP contribution in [-0.2, 0) is 16.9 Å². The van der Waals surface area contributed by atoms with Gasteiger partial charge in [-0.25, -0.2) is 13.1 Å². The SMILES string of the molecule is Cn1nnnc1S(=O)(=O)CCCC(=O)c1ccccc1. The minimum Gasteiger partial charge on any atom is -0.294 e. The second-order valence-electron chi connectivity index (χ2n) is 4.30. The Morgan fingerprint density at radius 2 is 1.95 bits per heavy atom. The number of rotatable bonds is 6. The first kappa shape index (κ1) is 14.3. The van der Waals surface area contributed by atoms with E-state index in [1.165, 1.54) is 7.05 Å². The highest BCUT2D eigenvalue weighted by Gasteiger charge is 2.21. The number of tetrazole rings is 1. The van der Waals surface area contributed by atoms with E-state index in [1.807, 2.05) is 6.07 Å². The third-order valence-electron chi connectivity index (χ3n) is 2.77. The van der Waals surface area contributed by atoms with Crippen LogP contribution in [0.15, 0.2) is 35.5 Å². The molecule has 0 N–H and O–H groups in total. The summed E-state index contributed by atoms with van der Waals surface area (Å²) in [7, 11) is -2.09. The van der Waals surface area contributed by atoms with Crippen LogP contribution in [0.5, 0.6) is 0 Å². The normalized spacial score (nSPS) is 11.4. The molecule has 0 saturated heterocycles. The molecule has 0 radical (unpaired) electrons. The average molecular weight is 294 g/mol. The van der Waals surface area contributed by atoms with Crippen molar-refractivity contribution in [2.45, 2.75) is 18.0 Å². The van der Waals surface area contributed by atoms with Crippen molar-refractivity contribution < 1.29 is 13.2 Å². The molecule has 1 aromatic heterocycles. The van der Waals surface area contributed by atoms with Gasteiger partial charge in [0.05, 0.1) is 5.75 Å². The van der Waals surface area contributed by atoms with Crippen LogP contribution >= 0.6 is 0 Å². The molecule has 20 heavy (non-hydrogen) atoms. The molecule has 0 fully saturated rings. The smallest absolute Gasteiger partial charge is 0.267 e. The van der Waals surface area contributed by atoms with Crippen molar-refractivity contribution in [3.05, 3.63) is 35.9 Å². The summed E-state index contributed by atoms with van der Waals surface area (Å²) in [5.41, 5.74) is 0.588. The minimum absolute atomic E-state index is 0.0723. The van der Waals surface area contributed by atoms with Gasteiger partial charge in [0, 0.05) is 19.0 Å². The summed E-state index contributed by atoms with van der Waals surface area (Å²) in [6.45, 7) is 0.